The van der Waals surface area contributed by atoms with Crippen molar-refractivity contribution in [1.82, 2.24) is 21.3 Å². The van der Waals surface area contributed by atoms with Gasteiger partial charge < -0.3 is 10.4 Å². The van der Waals surface area contributed by atoms with Crippen LogP contribution in [0.4, 0.5) is 0 Å². The quantitative estimate of drug-likeness (QED) is 0.516. The van der Waals surface area contributed by atoms with Crippen LogP contribution in [0.1, 0.15) is 46.0 Å². The fraction of sp³-hybridized carbons (Fsp3) is 1.00. The Labute approximate surface area is 122 Å². The first-order chi connectivity index (χ1) is 9.48. The molecular formula is C15H30N4O. The largest absolute Gasteiger partial charge is 0.389 e. The maximum absolute atomic E-state index is 10.8. The molecule has 116 valence electrons. The van der Waals surface area contributed by atoms with E-state index >= 15 is 0 Å². The first-order valence-corrected chi connectivity index (χ1v) is 8.14. The first kappa shape index (κ1) is 14.7. The molecule has 5 heteroatoms. The average Bonchev–Trinajstić information content (AvgIpc) is 2.89. The third-order valence-corrected chi connectivity index (χ3v) is 5.53. The van der Waals surface area contributed by atoms with Crippen molar-refractivity contribution in [1.29, 1.82) is 0 Å². The molecule has 0 aromatic carbocycles. The Kier molecular flexibility index (Phi) is 4.08. The van der Waals surface area contributed by atoms with Crippen molar-refractivity contribution in [3.05, 3.63) is 0 Å². The summed E-state index contributed by atoms with van der Waals surface area (Å²) in [7, 11) is 0. The van der Waals surface area contributed by atoms with E-state index in [1.54, 1.807) is 0 Å². The van der Waals surface area contributed by atoms with E-state index in [-0.39, 0.29) is 0 Å². The first-order valence-electron chi connectivity index (χ1n) is 8.14. The standard InChI is InChI=1S/C15H30N4O/c1-14(2)4-6-15(20,7-5-14)9-17-13-11-3-8-16-12(11)18-10-19-13/h11-13,16-20H,3-10H2,1-2H3. The molecule has 2 saturated heterocycles. The lowest BCUT2D eigenvalue weighted by Crippen LogP contribution is -2.64. The molecule has 1 saturated carbocycles. The molecule has 3 aliphatic rings. The van der Waals surface area contributed by atoms with Crippen molar-refractivity contribution in [2.45, 2.75) is 63.9 Å². The second kappa shape index (κ2) is 5.54. The second-order valence-electron chi connectivity index (χ2n) is 7.72. The molecule has 0 bridgehead atoms. The highest BCUT2D eigenvalue weighted by molar-refractivity contribution is 4.95. The van der Waals surface area contributed by atoms with Crippen molar-refractivity contribution < 1.29 is 5.11 Å². The second-order valence-corrected chi connectivity index (χ2v) is 7.72. The summed E-state index contributed by atoms with van der Waals surface area (Å²) in [6.45, 7) is 7.24. The summed E-state index contributed by atoms with van der Waals surface area (Å²) in [5.41, 5.74) is -0.108. The highest BCUT2D eigenvalue weighted by Gasteiger charge is 2.40. The molecule has 3 unspecified atom stereocenters. The van der Waals surface area contributed by atoms with Crippen molar-refractivity contribution >= 4 is 0 Å². The van der Waals surface area contributed by atoms with Gasteiger partial charge in [-0.05, 0) is 44.1 Å². The van der Waals surface area contributed by atoms with Gasteiger partial charge in [0.15, 0.2) is 0 Å². The van der Waals surface area contributed by atoms with Crippen LogP contribution in [-0.2, 0) is 0 Å². The average molecular weight is 282 g/mol. The molecule has 5 nitrogen and oxygen atoms in total. The molecule has 0 amide bonds. The van der Waals surface area contributed by atoms with Gasteiger partial charge in [-0.3, -0.25) is 16.0 Å². The van der Waals surface area contributed by atoms with Crippen molar-refractivity contribution in [2.24, 2.45) is 11.3 Å². The van der Waals surface area contributed by atoms with Gasteiger partial charge in [0.2, 0.25) is 0 Å². The van der Waals surface area contributed by atoms with Gasteiger partial charge in [-0.25, -0.2) is 0 Å². The molecule has 0 spiro atoms. The van der Waals surface area contributed by atoms with Gasteiger partial charge in [0.1, 0.15) is 0 Å². The minimum Gasteiger partial charge on any atom is -0.389 e. The maximum Gasteiger partial charge on any atom is 0.0772 e. The van der Waals surface area contributed by atoms with Crippen LogP contribution < -0.4 is 21.3 Å². The Morgan fingerprint density at radius 1 is 1.10 bits per heavy atom. The Morgan fingerprint density at radius 2 is 1.85 bits per heavy atom. The summed E-state index contributed by atoms with van der Waals surface area (Å²) < 4.78 is 0. The number of hydrogen-bond donors (Lipinski definition) is 5. The van der Waals surface area contributed by atoms with Crippen LogP contribution in [0.15, 0.2) is 0 Å². The van der Waals surface area contributed by atoms with Crippen molar-refractivity contribution in [3.8, 4) is 0 Å². The molecular weight excluding hydrogens is 252 g/mol. The van der Waals surface area contributed by atoms with Crippen LogP contribution in [-0.4, -0.2) is 42.8 Å². The third kappa shape index (κ3) is 3.17. The monoisotopic (exact) mass is 282 g/mol. The van der Waals surface area contributed by atoms with E-state index < -0.39 is 5.60 Å². The molecule has 2 aliphatic heterocycles. The van der Waals surface area contributed by atoms with Gasteiger partial charge in [0, 0.05) is 19.1 Å². The van der Waals surface area contributed by atoms with Gasteiger partial charge in [0.25, 0.3) is 0 Å². The minimum absolute atomic E-state index is 0.315. The molecule has 3 fully saturated rings. The Balaban J connectivity index is 1.51. The molecule has 0 aromatic rings. The molecule has 5 N–H and O–H groups in total. The smallest absolute Gasteiger partial charge is 0.0772 e. The summed E-state index contributed by atoms with van der Waals surface area (Å²) in [4.78, 5) is 0. The Bertz CT molecular complexity index is 337. The van der Waals surface area contributed by atoms with Crippen LogP contribution in [0.2, 0.25) is 0 Å². The fourth-order valence-corrected chi connectivity index (χ4v) is 3.83. The summed E-state index contributed by atoms with van der Waals surface area (Å²) in [5, 5.41) is 24.8. The lowest BCUT2D eigenvalue weighted by molar-refractivity contribution is -0.0294. The van der Waals surface area contributed by atoms with Gasteiger partial charge >= 0.3 is 0 Å². The molecule has 2 heterocycles. The van der Waals surface area contributed by atoms with Crippen LogP contribution in [0.25, 0.3) is 0 Å². The predicted molar refractivity (Wildman–Crippen MR) is 80.0 cm³/mol. The van der Waals surface area contributed by atoms with Crippen LogP contribution >= 0.6 is 0 Å². The zero-order chi connectivity index (χ0) is 14.2. The SMILES string of the molecule is CC1(C)CCC(O)(CNC2NCNC3NCCC32)CC1. The van der Waals surface area contributed by atoms with Gasteiger partial charge in [-0.15, -0.1) is 0 Å². The number of nitrogens with one attached hydrogen (secondary N) is 4. The number of rotatable bonds is 3. The fourth-order valence-electron chi connectivity index (χ4n) is 3.83. The van der Waals surface area contributed by atoms with Gasteiger partial charge in [-0.1, -0.05) is 13.8 Å². The third-order valence-electron chi connectivity index (χ3n) is 5.53. The van der Waals surface area contributed by atoms with Gasteiger partial charge in [-0.2, -0.15) is 0 Å². The summed E-state index contributed by atoms with van der Waals surface area (Å²) in [5.74, 6) is 0.576. The van der Waals surface area contributed by atoms with E-state index in [0.29, 0.717) is 30.2 Å². The molecule has 3 atom stereocenters. The summed E-state index contributed by atoms with van der Waals surface area (Å²) >= 11 is 0. The van der Waals surface area contributed by atoms with Crippen LogP contribution in [0.3, 0.4) is 0 Å². The minimum atomic E-state index is -0.510. The zero-order valence-corrected chi connectivity index (χ0v) is 12.8. The molecule has 0 aromatic heterocycles. The van der Waals surface area contributed by atoms with Crippen molar-refractivity contribution in [3.63, 3.8) is 0 Å². The maximum atomic E-state index is 10.8. The normalized spacial score (nSPS) is 39.5. The molecule has 20 heavy (non-hydrogen) atoms. The highest BCUT2D eigenvalue weighted by atomic mass is 16.3. The molecule has 1 aliphatic carbocycles. The van der Waals surface area contributed by atoms with E-state index in [1.165, 1.54) is 6.42 Å². The predicted octanol–water partition coefficient (Wildman–Crippen LogP) is 0.319. The van der Waals surface area contributed by atoms with Crippen LogP contribution in [0.5, 0.6) is 0 Å². The lowest BCUT2D eigenvalue weighted by atomic mass is 9.71. The van der Waals surface area contributed by atoms with E-state index in [0.717, 1.165) is 38.9 Å². The van der Waals surface area contributed by atoms with Crippen LogP contribution in [0, 0.1) is 11.3 Å². The molecule has 0 radical (unpaired) electrons. The van der Waals surface area contributed by atoms with E-state index in [4.69, 9.17) is 0 Å². The summed E-state index contributed by atoms with van der Waals surface area (Å²) in [6.07, 6.45) is 6.02. The zero-order valence-electron chi connectivity index (χ0n) is 12.8. The Hall–Kier alpha value is -0.200. The number of hydrogen-bond acceptors (Lipinski definition) is 5. The highest BCUT2D eigenvalue weighted by Crippen LogP contribution is 2.39. The lowest BCUT2D eigenvalue weighted by Gasteiger charge is -2.42. The van der Waals surface area contributed by atoms with E-state index in [9.17, 15) is 5.11 Å². The molecule has 3 rings (SSSR count). The number of aliphatic hydroxyl groups is 1. The van der Waals surface area contributed by atoms with Gasteiger partial charge in [0.05, 0.1) is 17.9 Å². The Morgan fingerprint density at radius 3 is 2.60 bits per heavy atom. The number of fused-ring (bicyclic) bond motifs is 1. The van der Waals surface area contributed by atoms with E-state index in [2.05, 4.69) is 35.1 Å². The van der Waals surface area contributed by atoms with Crippen molar-refractivity contribution in [2.75, 3.05) is 19.8 Å². The summed E-state index contributed by atoms with van der Waals surface area (Å²) in [6, 6.07) is 0. The topological polar surface area (TPSA) is 68.3 Å². The van der Waals surface area contributed by atoms with E-state index in [1.807, 2.05) is 0 Å².